The fraction of sp³-hybridized carbons (Fsp3) is 0.381. The van der Waals surface area contributed by atoms with Crippen LogP contribution in [0.15, 0.2) is 48.5 Å². The molecule has 1 N–H and O–H groups in total. The van der Waals surface area contributed by atoms with E-state index in [9.17, 15) is 9.90 Å². The number of rotatable bonds is 9. The summed E-state index contributed by atoms with van der Waals surface area (Å²) < 4.78 is 0. The Morgan fingerprint density at radius 2 is 1.54 bits per heavy atom. The molecule has 3 nitrogen and oxygen atoms in total. The molecule has 0 unspecified atom stereocenters. The lowest BCUT2D eigenvalue weighted by Crippen LogP contribution is -2.26. The second-order valence-corrected chi connectivity index (χ2v) is 6.06. The summed E-state index contributed by atoms with van der Waals surface area (Å²) in [6.07, 6.45) is 4.35. The third kappa shape index (κ3) is 4.38. The van der Waals surface area contributed by atoms with Gasteiger partial charge < -0.3 is 10.0 Å². The van der Waals surface area contributed by atoms with E-state index in [-0.39, 0.29) is 11.5 Å². The second-order valence-electron chi connectivity index (χ2n) is 6.06. The van der Waals surface area contributed by atoms with E-state index < -0.39 is 0 Å². The highest BCUT2D eigenvalue weighted by Gasteiger charge is 2.18. The van der Waals surface area contributed by atoms with Gasteiger partial charge in [0.1, 0.15) is 5.75 Å². The number of phenolic OH excluding ortho intramolecular Hbond substituents is 1. The molecule has 0 aliphatic rings. The highest BCUT2D eigenvalue weighted by Crippen LogP contribution is 2.32. The van der Waals surface area contributed by atoms with Crippen molar-refractivity contribution >= 4 is 11.5 Å². The predicted molar refractivity (Wildman–Crippen MR) is 100 cm³/mol. The topological polar surface area (TPSA) is 40.5 Å². The number of hydrogen-bond acceptors (Lipinski definition) is 3. The average molecular weight is 325 g/mol. The Balaban J connectivity index is 2.32. The quantitative estimate of drug-likeness (QED) is 0.657. The average Bonchev–Trinajstić information content (AvgIpc) is 2.63. The number of para-hydroxylation sites is 1. The summed E-state index contributed by atoms with van der Waals surface area (Å²) in [6, 6.07) is 14.6. The third-order valence-corrected chi connectivity index (χ3v) is 4.20. The van der Waals surface area contributed by atoms with E-state index in [0.29, 0.717) is 11.1 Å². The maximum atomic E-state index is 12.7. The van der Waals surface area contributed by atoms with Crippen LogP contribution in [-0.2, 0) is 0 Å². The number of anilines is 1. The van der Waals surface area contributed by atoms with Crippen LogP contribution in [0, 0.1) is 0 Å². The Morgan fingerprint density at radius 3 is 2.12 bits per heavy atom. The van der Waals surface area contributed by atoms with Gasteiger partial charge in [0.05, 0.1) is 11.3 Å². The van der Waals surface area contributed by atoms with E-state index in [1.54, 1.807) is 18.2 Å². The van der Waals surface area contributed by atoms with Crippen LogP contribution in [0.5, 0.6) is 5.75 Å². The van der Waals surface area contributed by atoms with Gasteiger partial charge in [-0.05, 0) is 25.0 Å². The van der Waals surface area contributed by atoms with Crippen molar-refractivity contribution < 1.29 is 9.90 Å². The molecule has 0 aromatic heterocycles. The standard InChI is InChI=1S/C21H27NO2/c1-3-5-15-22(16-6-4-2)19-14-10-13-18(21(19)24)20(23)17-11-8-7-9-12-17/h7-14,24H,3-6,15-16H2,1-2H3. The number of hydrogen-bond donors (Lipinski definition) is 1. The third-order valence-electron chi connectivity index (χ3n) is 4.20. The molecule has 0 bridgehead atoms. The molecular weight excluding hydrogens is 298 g/mol. The summed E-state index contributed by atoms with van der Waals surface area (Å²) in [5, 5.41) is 10.7. The van der Waals surface area contributed by atoms with Crippen LogP contribution in [-0.4, -0.2) is 24.0 Å². The van der Waals surface area contributed by atoms with Gasteiger partial charge in [0.15, 0.2) is 5.78 Å². The zero-order chi connectivity index (χ0) is 17.4. The normalized spacial score (nSPS) is 10.6. The first-order valence-corrected chi connectivity index (χ1v) is 8.85. The van der Waals surface area contributed by atoms with Gasteiger partial charge >= 0.3 is 0 Å². The Hall–Kier alpha value is -2.29. The van der Waals surface area contributed by atoms with Gasteiger partial charge in [-0.1, -0.05) is 63.1 Å². The number of ketones is 1. The fourth-order valence-corrected chi connectivity index (χ4v) is 2.77. The minimum atomic E-state index is -0.138. The number of benzene rings is 2. The summed E-state index contributed by atoms with van der Waals surface area (Å²) in [6.45, 7) is 6.11. The molecule has 0 fully saturated rings. The lowest BCUT2D eigenvalue weighted by atomic mass is 10.0. The predicted octanol–water partition coefficient (Wildman–Crippen LogP) is 5.03. The molecule has 0 aliphatic heterocycles. The summed E-state index contributed by atoms with van der Waals surface area (Å²) >= 11 is 0. The first-order chi connectivity index (χ1) is 11.7. The van der Waals surface area contributed by atoms with E-state index in [1.165, 1.54) is 0 Å². The zero-order valence-electron chi connectivity index (χ0n) is 14.7. The highest BCUT2D eigenvalue weighted by molar-refractivity contribution is 6.11. The van der Waals surface area contributed by atoms with E-state index in [1.807, 2.05) is 30.3 Å². The van der Waals surface area contributed by atoms with Crippen LogP contribution in [0.1, 0.15) is 55.5 Å². The van der Waals surface area contributed by atoms with Crippen LogP contribution in [0.3, 0.4) is 0 Å². The van der Waals surface area contributed by atoms with Crippen LogP contribution in [0.4, 0.5) is 5.69 Å². The molecule has 0 saturated carbocycles. The first-order valence-electron chi connectivity index (χ1n) is 8.85. The van der Waals surface area contributed by atoms with E-state index >= 15 is 0 Å². The summed E-state index contributed by atoms with van der Waals surface area (Å²) in [5.74, 6) is -0.0422. The fourth-order valence-electron chi connectivity index (χ4n) is 2.77. The first kappa shape index (κ1) is 18.1. The number of aromatic hydroxyl groups is 1. The van der Waals surface area contributed by atoms with Crippen LogP contribution in [0.2, 0.25) is 0 Å². The summed E-state index contributed by atoms with van der Waals surface area (Å²) in [4.78, 5) is 14.9. The maximum absolute atomic E-state index is 12.7. The molecular formula is C21H27NO2. The van der Waals surface area contributed by atoms with Crippen LogP contribution < -0.4 is 4.90 Å². The van der Waals surface area contributed by atoms with Crippen molar-refractivity contribution in [1.29, 1.82) is 0 Å². The zero-order valence-corrected chi connectivity index (χ0v) is 14.7. The van der Waals surface area contributed by atoms with Crippen molar-refractivity contribution in [3.8, 4) is 5.75 Å². The monoisotopic (exact) mass is 325 g/mol. The molecule has 128 valence electrons. The second kappa shape index (κ2) is 9.11. The molecule has 0 spiro atoms. The van der Waals surface area contributed by atoms with Crippen LogP contribution in [0.25, 0.3) is 0 Å². The minimum Gasteiger partial charge on any atom is -0.505 e. The lowest BCUT2D eigenvalue weighted by molar-refractivity contribution is 0.103. The number of nitrogens with zero attached hydrogens (tertiary/aromatic N) is 1. The molecule has 0 aliphatic carbocycles. The van der Waals surface area contributed by atoms with Gasteiger partial charge in [-0.25, -0.2) is 0 Å². The molecule has 0 amide bonds. The van der Waals surface area contributed by atoms with Gasteiger partial charge in [0.2, 0.25) is 0 Å². The molecule has 0 atom stereocenters. The van der Waals surface area contributed by atoms with Crippen LogP contribution >= 0.6 is 0 Å². The van der Waals surface area contributed by atoms with Crippen molar-refractivity contribution in [3.05, 3.63) is 59.7 Å². The lowest BCUT2D eigenvalue weighted by Gasteiger charge is -2.26. The smallest absolute Gasteiger partial charge is 0.196 e. The molecule has 3 heteroatoms. The minimum absolute atomic E-state index is 0.0959. The summed E-state index contributed by atoms with van der Waals surface area (Å²) in [7, 11) is 0. The van der Waals surface area contributed by atoms with Crippen molar-refractivity contribution in [2.45, 2.75) is 39.5 Å². The van der Waals surface area contributed by atoms with Crippen molar-refractivity contribution in [1.82, 2.24) is 0 Å². The maximum Gasteiger partial charge on any atom is 0.196 e. The van der Waals surface area contributed by atoms with Gasteiger partial charge in [0, 0.05) is 18.7 Å². The largest absolute Gasteiger partial charge is 0.505 e. The van der Waals surface area contributed by atoms with Gasteiger partial charge in [0.25, 0.3) is 0 Å². The SMILES string of the molecule is CCCCN(CCCC)c1cccc(C(=O)c2ccccc2)c1O. The Morgan fingerprint density at radius 1 is 0.917 bits per heavy atom. The Labute approximate surface area is 144 Å². The molecule has 24 heavy (non-hydrogen) atoms. The van der Waals surface area contributed by atoms with Gasteiger partial charge in [-0.3, -0.25) is 4.79 Å². The van der Waals surface area contributed by atoms with Gasteiger partial charge in [-0.15, -0.1) is 0 Å². The summed E-state index contributed by atoms with van der Waals surface area (Å²) in [5.41, 5.74) is 1.73. The Kier molecular flexibility index (Phi) is 6.86. The van der Waals surface area contributed by atoms with Gasteiger partial charge in [-0.2, -0.15) is 0 Å². The van der Waals surface area contributed by atoms with Crippen molar-refractivity contribution in [3.63, 3.8) is 0 Å². The molecule has 2 rings (SSSR count). The van der Waals surface area contributed by atoms with E-state index in [4.69, 9.17) is 0 Å². The molecule has 0 radical (unpaired) electrons. The number of carbonyl (C=O) groups is 1. The molecule has 2 aromatic carbocycles. The number of phenols is 1. The number of unbranched alkanes of at least 4 members (excludes halogenated alkanes) is 2. The van der Waals surface area contributed by atoms with Crippen molar-refractivity contribution in [2.75, 3.05) is 18.0 Å². The molecule has 0 heterocycles. The number of carbonyl (C=O) groups excluding carboxylic acids is 1. The van der Waals surface area contributed by atoms with E-state index in [2.05, 4.69) is 18.7 Å². The molecule has 0 saturated heterocycles. The Bertz CT molecular complexity index is 644. The van der Waals surface area contributed by atoms with E-state index in [0.717, 1.165) is 44.5 Å². The van der Waals surface area contributed by atoms with Crippen molar-refractivity contribution in [2.24, 2.45) is 0 Å². The molecule has 2 aromatic rings. The highest BCUT2D eigenvalue weighted by atomic mass is 16.3.